The average molecular weight is 249 g/mol. The molecule has 0 heterocycles. The Bertz CT molecular complexity index is 390. The van der Waals surface area contributed by atoms with Gasteiger partial charge in [-0.25, -0.2) is 0 Å². The van der Waals surface area contributed by atoms with Crippen LogP contribution in [0.4, 0.5) is 0 Å². The SMILES string of the molecule is CCCCN(CC)Cc1ccccc1/C(N)=N/O. The van der Waals surface area contributed by atoms with Crippen molar-refractivity contribution in [3.63, 3.8) is 0 Å². The summed E-state index contributed by atoms with van der Waals surface area (Å²) in [6.45, 7) is 7.27. The molecule has 0 spiro atoms. The van der Waals surface area contributed by atoms with Crippen LogP contribution in [0.5, 0.6) is 0 Å². The first-order chi connectivity index (χ1) is 8.72. The fraction of sp³-hybridized carbons (Fsp3) is 0.500. The Labute approximate surface area is 109 Å². The van der Waals surface area contributed by atoms with Crippen LogP contribution in [0, 0.1) is 0 Å². The van der Waals surface area contributed by atoms with Gasteiger partial charge in [-0.15, -0.1) is 0 Å². The third kappa shape index (κ3) is 4.04. The molecular formula is C14H23N3O. The third-order valence-corrected chi connectivity index (χ3v) is 3.07. The number of hydrogen-bond donors (Lipinski definition) is 2. The molecule has 3 N–H and O–H groups in total. The van der Waals surface area contributed by atoms with Gasteiger partial charge in [-0.2, -0.15) is 0 Å². The lowest BCUT2D eigenvalue weighted by molar-refractivity contribution is 0.275. The van der Waals surface area contributed by atoms with E-state index >= 15 is 0 Å². The first-order valence-corrected chi connectivity index (χ1v) is 6.51. The summed E-state index contributed by atoms with van der Waals surface area (Å²) in [5, 5.41) is 11.9. The Hall–Kier alpha value is -1.55. The Kier molecular flexibility index (Phi) is 6.22. The fourth-order valence-corrected chi connectivity index (χ4v) is 1.93. The molecule has 1 aromatic rings. The van der Waals surface area contributed by atoms with Gasteiger partial charge in [0.25, 0.3) is 0 Å². The second-order valence-corrected chi connectivity index (χ2v) is 4.36. The lowest BCUT2D eigenvalue weighted by atomic mass is 10.1. The minimum Gasteiger partial charge on any atom is -0.409 e. The van der Waals surface area contributed by atoms with Crippen LogP contribution < -0.4 is 5.73 Å². The van der Waals surface area contributed by atoms with Gasteiger partial charge in [0.2, 0.25) is 0 Å². The Morgan fingerprint density at radius 3 is 2.67 bits per heavy atom. The first kappa shape index (κ1) is 14.5. The Morgan fingerprint density at radius 2 is 2.06 bits per heavy atom. The van der Waals surface area contributed by atoms with Gasteiger partial charge in [0.1, 0.15) is 0 Å². The summed E-state index contributed by atoms with van der Waals surface area (Å²) in [6.07, 6.45) is 2.39. The molecule has 0 bridgehead atoms. The van der Waals surface area contributed by atoms with E-state index in [0.29, 0.717) is 0 Å². The number of nitrogens with zero attached hydrogens (tertiary/aromatic N) is 2. The van der Waals surface area contributed by atoms with E-state index in [4.69, 9.17) is 10.9 Å². The summed E-state index contributed by atoms with van der Waals surface area (Å²) in [4.78, 5) is 2.37. The van der Waals surface area contributed by atoms with Gasteiger partial charge in [-0.3, -0.25) is 4.90 Å². The zero-order valence-corrected chi connectivity index (χ0v) is 11.3. The standard InChI is InChI=1S/C14H23N3O/c1-3-5-10-17(4-2)11-12-8-6-7-9-13(12)14(15)16-18/h6-9,18H,3-5,10-11H2,1-2H3,(H2,15,16). The molecule has 0 radical (unpaired) electrons. The van der Waals surface area contributed by atoms with E-state index in [-0.39, 0.29) is 5.84 Å². The fourth-order valence-electron chi connectivity index (χ4n) is 1.93. The number of benzene rings is 1. The maximum absolute atomic E-state index is 8.79. The lowest BCUT2D eigenvalue weighted by Crippen LogP contribution is -2.26. The van der Waals surface area contributed by atoms with Crippen LogP contribution in [-0.4, -0.2) is 29.0 Å². The summed E-state index contributed by atoms with van der Waals surface area (Å²) in [5.74, 6) is 0.178. The van der Waals surface area contributed by atoms with Gasteiger partial charge >= 0.3 is 0 Å². The summed E-state index contributed by atoms with van der Waals surface area (Å²) in [5.41, 5.74) is 7.61. The minimum absolute atomic E-state index is 0.178. The van der Waals surface area contributed by atoms with Gasteiger partial charge in [0.05, 0.1) is 0 Å². The molecule has 0 unspecified atom stereocenters. The second-order valence-electron chi connectivity index (χ2n) is 4.36. The number of hydrogen-bond acceptors (Lipinski definition) is 3. The third-order valence-electron chi connectivity index (χ3n) is 3.07. The molecule has 0 atom stereocenters. The van der Waals surface area contributed by atoms with Crippen molar-refractivity contribution in [2.45, 2.75) is 33.2 Å². The highest BCUT2D eigenvalue weighted by Gasteiger charge is 2.09. The average Bonchev–Trinajstić information content (AvgIpc) is 2.43. The van der Waals surface area contributed by atoms with Crippen LogP contribution in [0.1, 0.15) is 37.8 Å². The van der Waals surface area contributed by atoms with Gasteiger partial charge < -0.3 is 10.9 Å². The summed E-state index contributed by atoms with van der Waals surface area (Å²) < 4.78 is 0. The molecule has 0 saturated heterocycles. The van der Waals surface area contributed by atoms with Crippen molar-refractivity contribution in [2.75, 3.05) is 13.1 Å². The molecule has 1 rings (SSSR count). The normalized spacial score (nSPS) is 12.1. The molecule has 0 amide bonds. The molecule has 18 heavy (non-hydrogen) atoms. The van der Waals surface area contributed by atoms with E-state index in [2.05, 4.69) is 23.9 Å². The number of rotatable bonds is 7. The van der Waals surface area contributed by atoms with Gasteiger partial charge in [0, 0.05) is 12.1 Å². The monoisotopic (exact) mass is 249 g/mol. The predicted molar refractivity (Wildman–Crippen MR) is 74.8 cm³/mol. The van der Waals surface area contributed by atoms with Crippen LogP contribution in [0.15, 0.2) is 29.4 Å². The largest absolute Gasteiger partial charge is 0.409 e. The van der Waals surface area contributed by atoms with E-state index in [1.54, 1.807) is 0 Å². The molecule has 4 heteroatoms. The highest BCUT2D eigenvalue weighted by molar-refractivity contribution is 5.98. The smallest absolute Gasteiger partial charge is 0.170 e. The maximum Gasteiger partial charge on any atom is 0.170 e. The number of oxime groups is 1. The first-order valence-electron chi connectivity index (χ1n) is 6.51. The quantitative estimate of drug-likeness (QED) is 0.337. The van der Waals surface area contributed by atoms with Crippen LogP contribution in [0.2, 0.25) is 0 Å². The molecule has 0 fully saturated rings. The van der Waals surface area contributed by atoms with Crippen LogP contribution in [-0.2, 0) is 6.54 Å². The number of amidine groups is 1. The summed E-state index contributed by atoms with van der Waals surface area (Å²) in [6, 6.07) is 7.80. The highest BCUT2D eigenvalue weighted by Crippen LogP contribution is 2.12. The maximum atomic E-state index is 8.79. The van der Waals surface area contributed by atoms with Crippen molar-refractivity contribution in [1.82, 2.24) is 4.90 Å². The molecule has 0 aliphatic carbocycles. The Morgan fingerprint density at radius 1 is 1.33 bits per heavy atom. The Balaban J connectivity index is 2.82. The van der Waals surface area contributed by atoms with Gasteiger partial charge in [-0.1, -0.05) is 49.7 Å². The molecule has 0 saturated carbocycles. The second kappa shape index (κ2) is 7.71. The van der Waals surface area contributed by atoms with E-state index in [1.807, 2.05) is 24.3 Å². The van der Waals surface area contributed by atoms with E-state index in [1.165, 1.54) is 12.8 Å². The van der Waals surface area contributed by atoms with E-state index in [0.717, 1.165) is 30.8 Å². The number of unbranched alkanes of at least 4 members (excludes halogenated alkanes) is 1. The van der Waals surface area contributed by atoms with Crippen molar-refractivity contribution >= 4 is 5.84 Å². The van der Waals surface area contributed by atoms with Crippen LogP contribution in [0.3, 0.4) is 0 Å². The number of nitrogens with two attached hydrogens (primary N) is 1. The van der Waals surface area contributed by atoms with E-state index in [9.17, 15) is 0 Å². The summed E-state index contributed by atoms with van der Waals surface area (Å²) in [7, 11) is 0. The highest BCUT2D eigenvalue weighted by atomic mass is 16.4. The summed E-state index contributed by atoms with van der Waals surface area (Å²) >= 11 is 0. The molecule has 0 aliphatic heterocycles. The topological polar surface area (TPSA) is 61.8 Å². The van der Waals surface area contributed by atoms with Crippen molar-refractivity contribution in [2.24, 2.45) is 10.9 Å². The molecular weight excluding hydrogens is 226 g/mol. The lowest BCUT2D eigenvalue weighted by Gasteiger charge is -2.21. The van der Waals surface area contributed by atoms with Crippen molar-refractivity contribution in [3.05, 3.63) is 35.4 Å². The zero-order chi connectivity index (χ0) is 13.4. The van der Waals surface area contributed by atoms with Crippen molar-refractivity contribution in [1.29, 1.82) is 0 Å². The zero-order valence-electron chi connectivity index (χ0n) is 11.3. The van der Waals surface area contributed by atoms with Crippen LogP contribution in [0.25, 0.3) is 0 Å². The molecule has 0 aromatic heterocycles. The van der Waals surface area contributed by atoms with E-state index < -0.39 is 0 Å². The molecule has 1 aromatic carbocycles. The molecule has 100 valence electrons. The molecule has 0 aliphatic rings. The van der Waals surface area contributed by atoms with Crippen molar-refractivity contribution in [3.8, 4) is 0 Å². The predicted octanol–water partition coefficient (Wildman–Crippen LogP) is 2.40. The van der Waals surface area contributed by atoms with Crippen LogP contribution >= 0.6 is 0 Å². The molecule has 4 nitrogen and oxygen atoms in total. The van der Waals surface area contributed by atoms with Gasteiger partial charge in [0.15, 0.2) is 5.84 Å². The van der Waals surface area contributed by atoms with Crippen molar-refractivity contribution < 1.29 is 5.21 Å². The minimum atomic E-state index is 0.178. The van der Waals surface area contributed by atoms with Gasteiger partial charge in [-0.05, 0) is 25.1 Å².